The topological polar surface area (TPSA) is 73.7 Å². The molecule has 3 aliphatic carbocycles. The van der Waals surface area contributed by atoms with Crippen LogP contribution in [-0.4, -0.2) is 46.3 Å². The Kier molecular flexibility index (Phi) is 7.58. The lowest BCUT2D eigenvalue weighted by Gasteiger charge is -2.60. The van der Waals surface area contributed by atoms with Crippen molar-refractivity contribution in [3.8, 4) is 0 Å². The summed E-state index contributed by atoms with van der Waals surface area (Å²) >= 11 is 0. The lowest BCUT2D eigenvalue weighted by atomic mass is 9.45. The summed E-state index contributed by atoms with van der Waals surface area (Å²) in [5.74, 6) is 2.72. The van der Waals surface area contributed by atoms with Crippen LogP contribution < -0.4 is 11.0 Å². The first kappa shape index (κ1) is 27.6. The van der Waals surface area contributed by atoms with Gasteiger partial charge in [-0.05, 0) is 107 Å². The number of rotatable bonds is 9. The van der Waals surface area contributed by atoms with Gasteiger partial charge >= 0.3 is 7.60 Å². The zero-order valence-corrected chi connectivity index (χ0v) is 25.1. The van der Waals surface area contributed by atoms with Crippen LogP contribution in [0, 0.1) is 23.2 Å². The largest absolute Gasteiger partial charge is 0.385 e. The summed E-state index contributed by atoms with van der Waals surface area (Å²) in [7, 11) is -3.82. The van der Waals surface area contributed by atoms with Gasteiger partial charge in [0.25, 0.3) is 5.56 Å². The predicted octanol–water partition coefficient (Wildman–Crippen LogP) is 6.31. The summed E-state index contributed by atoms with van der Waals surface area (Å²) in [6.45, 7) is 10.1. The van der Waals surface area contributed by atoms with Gasteiger partial charge in [0.2, 0.25) is 5.44 Å². The van der Waals surface area contributed by atoms with E-state index in [1.165, 1.54) is 51.5 Å². The minimum atomic E-state index is -3.82. The van der Waals surface area contributed by atoms with Crippen molar-refractivity contribution in [2.45, 2.75) is 104 Å². The number of hydrogen-bond donors (Lipinski definition) is 0. The van der Waals surface area contributed by atoms with Crippen LogP contribution in [0.3, 0.4) is 0 Å². The Bertz CT molecular complexity index is 1280. The van der Waals surface area contributed by atoms with Crippen LogP contribution in [0.1, 0.15) is 91.5 Å². The third-order valence-corrected chi connectivity index (χ3v) is 12.9. The third-order valence-electron chi connectivity index (χ3n) is 10.9. The first-order valence-corrected chi connectivity index (χ1v) is 17.0. The number of benzene rings is 1. The first-order chi connectivity index (χ1) is 18.8. The number of aromatic nitrogens is 2. The van der Waals surface area contributed by atoms with Crippen molar-refractivity contribution in [3.63, 3.8) is 0 Å². The highest BCUT2D eigenvalue weighted by atomic mass is 31.2. The molecule has 4 bridgehead atoms. The molecule has 3 heterocycles. The quantitative estimate of drug-likeness (QED) is 0.338. The fourth-order valence-electron chi connectivity index (χ4n) is 8.83. The van der Waals surface area contributed by atoms with Gasteiger partial charge in [0.05, 0.1) is 24.2 Å². The Morgan fingerprint density at radius 2 is 1.67 bits per heavy atom. The molecule has 5 unspecified atom stereocenters. The molecule has 5 fully saturated rings. The Hall–Kier alpha value is -1.53. The average Bonchev–Trinajstić information content (AvgIpc) is 2.91. The summed E-state index contributed by atoms with van der Waals surface area (Å²) in [6.07, 6.45) is 11.1. The lowest BCUT2D eigenvalue weighted by molar-refractivity contribution is -0.111. The number of piperidine rings is 2. The highest BCUT2D eigenvalue weighted by Crippen LogP contribution is 2.62. The summed E-state index contributed by atoms with van der Waals surface area (Å²) < 4.78 is 26.8. The van der Waals surface area contributed by atoms with Crippen LogP contribution in [0.2, 0.25) is 0 Å². The van der Waals surface area contributed by atoms with Gasteiger partial charge in [0, 0.05) is 18.1 Å². The second-order valence-electron chi connectivity index (χ2n) is 13.0. The molecule has 5 aliphatic rings. The highest BCUT2D eigenvalue weighted by Gasteiger charge is 2.54. The van der Waals surface area contributed by atoms with E-state index in [1.54, 1.807) is 13.8 Å². The summed E-state index contributed by atoms with van der Waals surface area (Å²) in [5, 5.41) is 0. The number of fused-ring (bicyclic) bond motifs is 5. The van der Waals surface area contributed by atoms with E-state index < -0.39 is 7.60 Å². The van der Waals surface area contributed by atoms with E-state index in [2.05, 4.69) is 23.7 Å². The van der Waals surface area contributed by atoms with Crippen LogP contribution in [0.25, 0.3) is 11.0 Å². The molecule has 7 rings (SSSR count). The van der Waals surface area contributed by atoms with Crippen LogP contribution in [0.5, 0.6) is 0 Å². The van der Waals surface area contributed by atoms with Crippen molar-refractivity contribution < 1.29 is 13.6 Å². The van der Waals surface area contributed by atoms with Crippen LogP contribution >= 0.6 is 7.60 Å². The molecule has 2 aliphatic heterocycles. The molecule has 0 amide bonds. The van der Waals surface area contributed by atoms with Gasteiger partial charge in [-0.2, -0.15) is 0 Å². The van der Waals surface area contributed by atoms with Gasteiger partial charge < -0.3 is 13.6 Å². The van der Waals surface area contributed by atoms with E-state index in [4.69, 9.17) is 9.05 Å². The zero-order chi connectivity index (χ0) is 27.4. The summed E-state index contributed by atoms with van der Waals surface area (Å²) in [4.78, 5) is 21.4. The molecular formula is C31H46N3O4P. The fourth-order valence-corrected chi connectivity index (χ4v) is 10.4. The van der Waals surface area contributed by atoms with Crippen molar-refractivity contribution >= 4 is 24.1 Å². The van der Waals surface area contributed by atoms with E-state index in [1.807, 2.05) is 28.8 Å². The van der Waals surface area contributed by atoms with Crippen molar-refractivity contribution in [3.05, 3.63) is 34.6 Å². The molecule has 8 heteroatoms. The molecule has 7 nitrogen and oxygen atoms in total. The van der Waals surface area contributed by atoms with Crippen molar-refractivity contribution in [2.75, 3.05) is 19.8 Å². The van der Waals surface area contributed by atoms with E-state index in [0.717, 1.165) is 36.1 Å². The lowest BCUT2D eigenvalue weighted by Crippen LogP contribution is -2.56. The molecule has 39 heavy (non-hydrogen) atoms. The maximum absolute atomic E-state index is 14.1. The van der Waals surface area contributed by atoms with Crippen LogP contribution in [-0.2, 0) is 13.6 Å². The number of hydrogen-bond acceptors (Lipinski definition) is 6. The maximum Gasteiger partial charge on any atom is 0.385 e. The van der Waals surface area contributed by atoms with E-state index in [-0.39, 0.29) is 30.2 Å². The van der Waals surface area contributed by atoms with Gasteiger partial charge in [0.15, 0.2) is 0 Å². The predicted molar refractivity (Wildman–Crippen MR) is 156 cm³/mol. The van der Waals surface area contributed by atoms with Gasteiger partial charge in [-0.25, -0.2) is 4.98 Å². The van der Waals surface area contributed by atoms with E-state index in [0.29, 0.717) is 23.0 Å². The molecule has 0 radical (unpaired) electrons. The Morgan fingerprint density at radius 3 is 2.31 bits per heavy atom. The number of nitrogens with zero attached hydrogens (tertiary/aromatic N) is 3. The maximum atomic E-state index is 14.1. The van der Waals surface area contributed by atoms with Crippen LogP contribution in [0.15, 0.2) is 29.1 Å². The Morgan fingerprint density at radius 1 is 0.974 bits per heavy atom. The van der Waals surface area contributed by atoms with Crippen molar-refractivity contribution in [2.24, 2.45) is 23.2 Å². The van der Waals surface area contributed by atoms with E-state index in [9.17, 15) is 9.36 Å². The molecule has 1 aromatic heterocycles. The molecule has 2 saturated heterocycles. The Balaban J connectivity index is 1.28. The van der Waals surface area contributed by atoms with Crippen molar-refractivity contribution in [1.29, 1.82) is 0 Å². The number of para-hydroxylation sites is 2. The normalized spacial score (nSPS) is 32.2. The van der Waals surface area contributed by atoms with Gasteiger partial charge in [0.1, 0.15) is 0 Å². The smallest absolute Gasteiger partial charge is 0.304 e. The van der Waals surface area contributed by atoms with Gasteiger partial charge in [-0.15, -0.1) is 0 Å². The van der Waals surface area contributed by atoms with E-state index >= 15 is 0 Å². The molecule has 0 spiro atoms. The average molecular weight is 556 g/mol. The monoisotopic (exact) mass is 555 g/mol. The first-order valence-electron chi connectivity index (χ1n) is 15.4. The SMILES string of the molecule is CCOP(=O)(OCC)c1nc2ccccc2n(C2CC3CCCC(C2)N3CCC2CCC3CC2C3(C)C)c1=O. The Labute approximate surface area is 233 Å². The molecular weight excluding hydrogens is 509 g/mol. The standard InChI is InChI=1S/C31H46N3O4P/c1-5-37-39(36,38-6-2)29-30(35)34(28-13-8-7-12-27(28)32-29)25-19-23-10-9-11-24(20-25)33(23)17-16-21-14-15-22-18-26(21)31(22,3)4/h7-8,12-13,21-26H,5-6,9-11,14-20H2,1-4H3. The van der Waals surface area contributed by atoms with Gasteiger partial charge in [-0.3, -0.25) is 14.3 Å². The second kappa shape index (κ2) is 10.7. The van der Waals surface area contributed by atoms with Crippen LogP contribution in [0.4, 0.5) is 0 Å². The highest BCUT2D eigenvalue weighted by molar-refractivity contribution is 7.61. The second-order valence-corrected chi connectivity index (χ2v) is 15.0. The fraction of sp³-hybridized carbons (Fsp3) is 0.742. The third kappa shape index (κ3) is 4.75. The summed E-state index contributed by atoms with van der Waals surface area (Å²) in [5.41, 5.74) is 1.62. The minimum Gasteiger partial charge on any atom is -0.304 e. The molecule has 5 atom stereocenters. The zero-order valence-electron chi connectivity index (χ0n) is 24.2. The molecule has 3 saturated carbocycles. The summed E-state index contributed by atoms with van der Waals surface area (Å²) in [6, 6.07) is 8.75. The van der Waals surface area contributed by atoms with Crippen molar-refractivity contribution in [1.82, 2.24) is 14.5 Å². The molecule has 214 valence electrons. The minimum absolute atomic E-state index is 0.0495. The molecule has 0 N–H and O–H groups in total. The van der Waals surface area contributed by atoms with Gasteiger partial charge in [-0.1, -0.05) is 32.4 Å². The molecule has 2 aromatic rings. The molecule has 1 aromatic carbocycles.